The maximum atomic E-state index is 5.52. The van der Waals surface area contributed by atoms with Gasteiger partial charge in [-0.3, -0.25) is 0 Å². The van der Waals surface area contributed by atoms with Crippen molar-refractivity contribution >= 4 is 0 Å². The molecule has 21 heavy (non-hydrogen) atoms. The van der Waals surface area contributed by atoms with E-state index >= 15 is 0 Å². The van der Waals surface area contributed by atoms with Gasteiger partial charge in [0.25, 0.3) is 0 Å². The average molecular weight is 282 g/mol. The average Bonchev–Trinajstić information content (AvgIpc) is 2.95. The van der Waals surface area contributed by atoms with Crippen LogP contribution in [0, 0.1) is 5.41 Å². The van der Waals surface area contributed by atoms with Crippen molar-refractivity contribution in [1.82, 2.24) is 30.8 Å². The molecule has 2 aromatic heterocycles. The molecule has 0 spiro atoms. The first-order chi connectivity index (χ1) is 10.1. The van der Waals surface area contributed by atoms with Crippen LogP contribution >= 0.6 is 0 Å². The molecule has 7 heteroatoms. The van der Waals surface area contributed by atoms with Gasteiger partial charge in [0, 0.05) is 0 Å². The number of nitrogens with zero attached hydrogens (tertiary/aromatic N) is 5. The van der Waals surface area contributed by atoms with Crippen molar-refractivity contribution in [3.8, 4) is 11.6 Å². The molecule has 0 aliphatic heterocycles. The summed E-state index contributed by atoms with van der Waals surface area (Å²) in [5.74, 6) is 1.31. The Morgan fingerprint density at radius 2 is 1.90 bits per heavy atom. The standard InChI is InChI=1S/C14H14N6O/c1-13(2)8-14(13,9-6-4-3-5-7-9)12-15-10(18-21-12)11-16-19-20-17-11/h3-7H,8H2,1-2H3,(H,16,17,19,20). The summed E-state index contributed by atoms with van der Waals surface area (Å²) in [7, 11) is 0. The van der Waals surface area contributed by atoms with E-state index in [0.717, 1.165) is 6.42 Å². The predicted octanol–water partition coefficient (Wildman–Crippen LogP) is 1.97. The molecule has 0 radical (unpaired) electrons. The Labute approximate surface area is 120 Å². The summed E-state index contributed by atoms with van der Waals surface area (Å²) in [4.78, 5) is 4.50. The van der Waals surface area contributed by atoms with Gasteiger partial charge in [0.2, 0.25) is 17.5 Å². The third kappa shape index (κ3) is 1.63. The second-order valence-electron chi connectivity index (χ2n) is 5.99. The van der Waals surface area contributed by atoms with Gasteiger partial charge >= 0.3 is 0 Å². The highest BCUT2D eigenvalue weighted by atomic mass is 16.5. The lowest BCUT2D eigenvalue weighted by atomic mass is 9.88. The van der Waals surface area contributed by atoms with Gasteiger partial charge < -0.3 is 4.52 Å². The van der Waals surface area contributed by atoms with Crippen molar-refractivity contribution < 1.29 is 4.52 Å². The monoisotopic (exact) mass is 282 g/mol. The van der Waals surface area contributed by atoms with Gasteiger partial charge in [0.15, 0.2) is 0 Å². The summed E-state index contributed by atoms with van der Waals surface area (Å²) in [5.41, 5.74) is 1.04. The summed E-state index contributed by atoms with van der Waals surface area (Å²) in [5, 5.41) is 17.6. The van der Waals surface area contributed by atoms with Crippen molar-refractivity contribution in [2.75, 3.05) is 0 Å². The molecule has 7 nitrogen and oxygen atoms in total. The molecule has 0 amide bonds. The zero-order valence-electron chi connectivity index (χ0n) is 11.7. The van der Waals surface area contributed by atoms with Crippen LogP contribution in [0.2, 0.25) is 0 Å². The zero-order chi connectivity index (χ0) is 14.5. The fourth-order valence-corrected chi connectivity index (χ4v) is 3.07. The topological polar surface area (TPSA) is 93.4 Å². The lowest BCUT2D eigenvalue weighted by Crippen LogP contribution is -2.16. The van der Waals surface area contributed by atoms with Crippen LogP contribution in [0.4, 0.5) is 0 Å². The van der Waals surface area contributed by atoms with Crippen molar-refractivity contribution in [2.24, 2.45) is 5.41 Å². The minimum absolute atomic E-state index is 0.0788. The first-order valence-electron chi connectivity index (χ1n) is 6.77. The van der Waals surface area contributed by atoms with E-state index in [2.05, 4.69) is 56.7 Å². The molecule has 1 aliphatic carbocycles. The molecular formula is C14H14N6O. The largest absolute Gasteiger partial charge is 0.338 e. The molecule has 0 bridgehead atoms. The molecule has 1 atom stereocenters. The van der Waals surface area contributed by atoms with Crippen LogP contribution < -0.4 is 0 Å². The molecule has 2 heterocycles. The lowest BCUT2D eigenvalue weighted by Gasteiger charge is -2.16. The SMILES string of the molecule is CC1(C)CC1(c1ccccc1)c1nc(-c2nn[nH]n2)no1. The highest BCUT2D eigenvalue weighted by Gasteiger charge is 2.66. The molecule has 1 unspecified atom stereocenters. The number of aromatic amines is 1. The molecule has 1 fully saturated rings. The molecule has 1 saturated carbocycles. The Kier molecular flexibility index (Phi) is 2.30. The minimum atomic E-state index is -0.233. The van der Waals surface area contributed by atoms with Crippen LogP contribution in [0.5, 0.6) is 0 Å². The third-order valence-electron chi connectivity index (χ3n) is 4.34. The third-order valence-corrected chi connectivity index (χ3v) is 4.34. The molecule has 1 N–H and O–H groups in total. The summed E-state index contributed by atoms with van der Waals surface area (Å²) in [6.45, 7) is 4.41. The fourth-order valence-electron chi connectivity index (χ4n) is 3.07. The number of benzene rings is 1. The number of tetrazole rings is 1. The Balaban J connectivity index is 1.81. The van der Waals surface area contributed by atoms with Crippen molar-refractivity contribution in [2.45, 2.75) is 25.7 Å². The number of hydrogen-bond acceptors (Lipinski definition) is 6. The maximum Gasteiger partial charge on any atom is 0.245 e. The quantitative estimate of drug-likeness (QED) is 0.789. The second-order valence-corrected chi connectivity index (χ2v) is 5.99. The van der Waals surface area contributed by atoms with Gasteiger partial charge in [0.1, 0.15) is 0 Å². The molecule has 106 valence electrons. The number of hydrogen-bond donors (Lipinski definition) is 1. The maximum absolute atomic E-state index is 5.52. The van der Waals surface area contributed by atoms with Gasteiger partial charge in [-0.15, -0.1) is 10.2 Å². The van der Waals surface area contributed by atoms with Crippen molar-refractivity contribution in [3.63, 3.8) is 0 Å². The predicted molar refractivity (Wildman–Crippen MR) is 73.1 cm³/mol. The van der Waals surface area contributed by atoms with Crippen LogP contribution in [0.15, 0.2) is 34.9 Å². The summed E-state index contributed by atoms with van der Waals surface area (Å²) >= 11 is 0. The van der Waals surface area contributed by atoms with Crippen LogP contribution in [-0.4, -0.2) is 30.8 Å². The van der Waals surface area contributed by atoms with Crippen LogP contribution in [0.25, 0.3) is 11.6 Å². The van der Waals surface area contributed by atoms with Gasteiger partial charge in [-0.05, 0) is 22.6 Å². The Hall–Kier alpha value is -2.57. The number of nitrogens with one attached hydrogen (secondary N) is 1. The highest BCUT2D eigenvalue weighted by molar-refractivity contribution is 5.46. The molecular weight excluding hydrogens is 268 g/mol. The first-order valence-corrected chi connectivity index (χ1v) is 6.77. The van der Waals surface area contributed by atoms with E-state index in [0.29, 0.717) is 17.5 Å². The highest BCUT2D eigenvalue weighted by Crippen LogP contribution is 2.67. The summed E-state index contributed by atoms with van der Waals surface area (Å²) in [6, 6.07) is 10.3. The normalized spacial score (nSPS) is 23.1. The number of aromatic nitrogens is 6. The molecule has 0 saturated heterocycles. The van der Waals surface area contributed by atoms with E-state index in [4.69, 9.17) is 4.52 Å². The fraction of sp³-hybridized carbons (Fsp3) is 0.357. The van der Waals surface area contributed by atoms with Crippen molar-refractivity contribution in [3.05, 3.63) is 41.8 Å². The Morgan fingerprint density at radius 1 is 1.14 bits per heavy atom. The van der Waals surface area contributed by atoms with Crippen LogP contribution in [-0.2, 0) is 5.41 Å². The van der Waals surface area contributed by atoms with E-state index in [1.807, 2.05) is 18.2 Å². The number of rotatable bonds is 3. The summed E-state index contributed by atoms with van der Waals surface area (Å²) < 4.78 is 5.52. The van der Waals surface area contributed by atoms with Crippen molar-refractivity contribution in [1.29, 1.82) is 0 Å². The Bertz CT molecular complexity index is 764. The minimum Gasteiger partial charge on any atom is -0.338 e. The Morgan fingerprint density at radius 3 is 2.52 bits per heavy atom. The van der Waals surface area contributed by atoms with Gasteiger partial charge in [-0.1, -0.05) is 49.3 Å². The van der Waals surface area contributed by atoms with E-state index in [1.165, 1.54) is 5.56 Å². The lowest BCUT2D eigenvalue weighted by molar-refractivity contribution is 0.339. The van der Waals surface area contributed by atoms with E-state index in [-0.39, 0.29) is 10.8 Å². The van der Waals surface area contributed by atoms with E-state index < -0.39 is 0 Å². The van der Waals surface area contributed by atoms with Gasteiger partial charge in [-0.2, -0.15) is 10.2 Å². The first kappa shape index (κ1) is 12.2. The molecule has 1 aromatic carbocycles. The molecule has 4 rings (SSSR count). The zero-order valence-corrected chi connectivity index (χ0v) is 11.7. The number of H-pyrrole nitrogens is 1. The molecule has 3 aromatic rings. The van der Waals surface area contributed by atoms with Gasteiger partial charge in [0.05, 0.1) is 5.41 Å². The van der Waals surface area contributed by atoms with Crippen LogP contribution in [0.1, 0.15) is 31.7 Å². The molecule has 1 aliphatic rings. The van der Waals surface area contributed by atoms with Crippen LogP contribution in [0.3, 0.4) is 0 Å². The van der Waals surface area contributed by atoms with Gasteiger partial charge in [-0.25, -0.2) is 0 Å². The second kappa shape index (κ2) is 3.97. The van der Waals surface area contributed by atoms with E-state index in [1.54, 1.807) is 0 Å². The smallest absolute Gasteiger partial charge is 0.245 e. The summed E-state index contributed by atoms with van der Waals surface area (Å²) in [6.07, 6.45) is 0.970. The van der Waals surface area contributed by atoms with E-state index in [9.17, 15) is 0 Å².